The highest BCUT2D eigenvalue weighted by molar-refractivity contribution is 7.09. The summed E-state index contributed by atoms with van der Waals surface area (Å²) >= 11 is 1.72. The van der Waals surface area contributed by atoms with Gasteiger partial charge in [-0.2, -0.15) is 5.10 Å². The van der Waals surface area contributed by atoms with Crippen LogP contribution in [0.4, 0.5) is 0 Å². The highest BCUT2D eigenvalue weighted by Gasteiger charge is 2.05. The van der Waals surface area contributed by atoms with Gasteiger partial charge in [0.1, 0.15) is 0 Å². The molecule has 4 heteroatoms. The molecule has 0 radical (unpaired) electrons. The monoisotopic (exact) mass is 239 g/mol. The number of unbranched alkanes of at least 4 members (excludes halogenated alkanes) is 1. The number of hydrogen-bond acceptors (Lipinski definition) is 3. The van der Waals surface area contributed by atoms with Gasteiger partial charge >= 0.3 is 0 Å². The van der Waals surface area contributed by atoms with Crippen LogP contribution in [0.15, 0.2) is 10.2 Å². The van der Waals surface area contributed by atoms with Gasteiger partial charge in [0.15, 0.2) is 0 Å². The maximum Gasteiger partial charge on any atom is 0.210 e. The van der Waals surface area contributed by atoms with Gasteiger partial charge in [0.2, 0.25) is 4.80 Å². The Bertz CT molecular complexity index is 434. The highest BCUT2D eigenvalue weighted by atomic mass is 32.1. The van der Waals surface area contributed by atoms with Crippen molar-refractivity contribution in [1.82, 2.24) is 4.57 Å². The van der Waals surface area contributed by atoms with Crippen molar-refractivity contribution >= 4 is 17.0 Å². The minimum Gasteiger partial charge on any atom is -0.319 e. The van der Waals surface area contributed by atoms with Crippen molar-refractivity contribution < 1.29 is 0 Å². The number of rotatable bonds is 4. The van der Waals surface area contributed by atoms with Crippen LogP contribution < -0.4 is 4.80 Å². The van der Waals surface area contributed by atoms with Gasteiger partial charge in [0.25, 0.3) is 0 Å². The molecule has 1 heterocycles. The molecule has 90 valence electrons. The summed E-state index contributed by atoms with van der Waals surface area (Å²) in [6, 6.07) is 0. The predicted molar refractivity (Wildman–Crippen MR) is 71.0 cm³/mol. The zero-order valence-electron chi connectivity index (χ0n) is 10.9. The van der Waals surface area contributed by atoms with Crippen LogP contribution in [-0.4, -0.2) is 10.3 Å². The summed E-state index contributed by atoms with van der Waals surface area (Å²) in [5, 5.41) is 8.46. The Hall–Kier alpha value is -0.900. The topological polar surface area (TPSA) is 29.6 Å². The van der Waals surface area contributed by atoms with E-state index < -0.39 is 0 Å². The van der Waals surface area contributed by atoms with Gasteiger partial charge in [-0.25, -0.2) is 0 Å². The normalized spacial score (nSPS) is 11.9. The van der Waals surface area contributed by atoms with Crippen LogP contribution in [0, 0.1) is 13.8 Å². The molecular weight excluding hydrogens is 218 g/mol. The van der Waals surface area contributed by atoms with Gasteiger partial charge in [-0.3, -0.25) is 0 Å². The van der Waals surface area contributed by atoms with E-state index in [2.05, 4.69) is 35.5 Å². The number of nitrogens with zero attached hydrogens (tertiary/aromatic N) is 3. The highest BCUT2D eigenvalue weighted by Crippen LogP contribution is 2.10. The van der Waals surface area contributed by atoms with Gasteiger partial charge in [0, 0.05) is 22.8 Å². The molecule has 0 spiro atoms. The fourth-order valence-corrected chi connectivity index (χ4v) is 2.35. The zero-order chi connectivity index (χ0) is 12.1. The Balaban J connectivity index is 3.12. The molecule has 0 aromatic carbocycles. The third-order valence-corrected chi connectivity index (χ3v) is 3.55. The third kappa shape index (κ3) is 3.30. The van der Waals surface area contributed by atoms with Crippen molar-refractivity contribution in [3.05, 3.63) is 15.4 Å². The van der Waals surface area contributed by atoms with E-state index in [-0.39, 0.29) is 0 Å². The second-order valence-corrected chi connectivity index (χ2v) is 5.36. The van der Waals surface area contributed by atoms with Crippen LogP contribution in [0.25, 0.3) is 0 Å². The standard InChI is InChI=1S/C12H21N3S/c1-6-7-8-15-10(4)11(5)16-12(15)14-13-9(2)3/h6-8H2,1-5H3. The van der Waals surface area contributed by atoms with Crippen LogP contribution in [0.2, 0.25) is 0 Å². The molecule has 0 saturated heterocycles. The Morgan fingerprint density at radius 3 is 2.56 bits per heavy atom. The van der Waals surface area contributed by atoms with Gasteiger partial charge in [0.05, 0.1) is 0 Å². The summed E-state index contributed by atoms with van der Waals surface area (Å²) in [5.41, 5.74) is 2.31. The minimum atomic E-state index is 0.991. The van der Waals surface area contributed by atoms with Crippen molar-refractivity contribution in [1.29, 1.82) is 0 Å². The van der Waals surface area contributed by atoms with E-state index in [9.17, 15) is 0 Å². The molecule has 1 rings (SSSR count). The smallest absolute Gasteiger partial charge is 0.210 e. The van der Waals surface area contributed by atoms with E-state index in [0.29, 0.717) is 0 Å². The fraction of sp³-hybridized carbons (Fsp3) is 0.667. The van der Waals surface area contributed by atoms with E-state index in [1.54, 1.807) is 11.3 Å². The van der Waals surface area contributed by atoms with Gasteiger partial charge in [-0.15, -0.1) is 16.4 Å². The first-order chi connectivity index (χ1) is 7.56. The number of hydrogen-bond donors (Lipinski definition) is 0. The largest absolute Gasteiger partial charge is 0.319 e. The van der Waals surface area contributed by atoms with Crippen LogP contribution in [0.3, 0.4) is 0 Å². The van der Waals surface area contributed by atoms with Crippen molar-refractivity contribution in [3.63, 3.8) is 0 Å². The Morgan fingerprint density at radius 2 is 2.00 bits per heavy atom. The van der Waals surface area contributed by atoms with Crippen molar-refractivity contribution in [2.24, 2.45) is 10.2 Å². The minimum absolute atomic E-state index is 0.991. The molecule has 0 aliphatic heterocycles. The average molecular weight is 239 g/mol. The molecule has 0 aliphatic rings. The molecule has 0 fully saturated rings. The Labute approximate surface area is 102 Å². The molecular formula is C12H21N3S. The first-order valence-electron chi connectivity index (χ1n) is 5.78. The molecule has 3 nitrogen and oxygen atoms in total. The maximum atomic E-state index is 4.31. The Morgan fingerprint density at radius 1 is 1.31 bits per heavy atom. The summed E-state index contributed by atoms with van der Waals surface area (Å²) in [7, 11) is 0. The third-order valence-electron chi connectivity index (χ3n) is 2.46. The molecule has 0 aliphatic carbocycles. The van der Waals surface area contributed by atoms with Crippen LogP contribution in [-0.2, 0) is 6.54 Å². The molecule has 0 unspecified atom stereocenters. The van der Waals surface area contributed by atoms with E-state index in [1.165, 1.54) is 23.4 Å². The maximum absolute atomic E-state index is 4.31. The fourth-order valence-electron chi connectivity index (χ4n) is 1.40. The second kappa shape index (κ2) is 5.99. The summed E-state index contributed by atoms with van der Waals surface area (Å²) in [6.07, 6.45) is 2.40. The SMILES string of the molecule is CCCCn1c(C)c(C)sc1=NN=C(C)C. The first kappa shape index (κ1) is 13.2. The molecule has 16 heavy (non-hydrogen) atoms. The molecule has 0 atom stereocenters. The van der Waals surface area contributed by atoms with Crippen molar-refractivity contribution in [2.45, 2.75) is 54.0 Å². The number of aryl methyl sites for hydroxylation is 1. The lowest BCUT2D eigenvalue weighted by Crippen LogP contribution is -2.16. The number of aromatic nitrogens is 1. The lowest BCUT2D eigenvalue weighted by atomic mass is 10.3. The van der Waals surface area contributed by atoms with Crippen LogP contribution in [0.1, 0.15) is 44.2 Å². The van der Waals surface area contributed by atoms with E-state index >= 15 is 0 Å². The lowest BCUT2D eigenvalue weighted by Gasteiger charge is -2.04. The first-order valence-corrected chi connectivity index (χ1v) is 6.59. The van der Waals surface area contributed by atoms with E-state index in [4.69, 9.17) is 0 Å². The molecule has 0 bridgehead atoms. The van der Waals surface area contributed by atoms with Gasteiger partial charge in [-0.05, 0) is 34.1 Å². The molecule has 0 amide bonds. The summed E-state index contributed by atoms with van der Waals surface area (Å²) in [4.78, 5) is 2.35. The van der Waals surface area contributed by atoms with Crippen molar-refractivity contribution in [2.75, 3.05) is 0 Å². The predicted octanol–water partition coefficient (Wildman–Crippen LogP) is 3.26. The lowest BCUT2D eigenvalue weighted by molar-refractivity contribution is 0.601. The zero-order valence-corrected chi connectivity index (χ0v) is 11.7. The van der Waals surface area contributed by atoms with Gasteiger partial charge < -0.3 is 4.57 Å². The summed E-state index contributed by atoms with van der Waals surface area (Å²) in [5.74, 6) is 0. The van der Waals surface area contributed by atoms with Crippen LogP contribution >= 0.6 is 11.3 Å². The second-order valence-electron chi connectivity index (χ2n) is 4.18. The van der Waals surface area contributed by atoms with Gasteiger partial charge in [-0.1, -0.05) is 13.3 Å². The molecule has 1 aromatic heterocycles. The molecule has 1 aromatic rings. The molecule has 0 saturated carbocycles. The van der Waals surface area contributed by atoms with E-state index in [0.717, 1.165) is 17.1 Å². The summed E-state index contributed by atoms with van der Waals surface area (Å²) in [6.45, 7) is 11.5. The number of thiazole rings is 1. The quantitative estimate of drug-likeness (QED) is 0.570. The summed E-state index contributed by atoms with van der Waals surface area (Å²) < 4.78 is 2.27. The molecule has 0 N–H and O–H groups in total. The van der Waals surface area contributed by atoms with Crippen molar-refractivity contribution in [3.8, 4) is 0 Å². The van der Waals surface area contributed by atoms with E-state index in [1.807, 2.05) is 13.8 Å². The Kier molecular flexibility index (Phi) is 4.93. The van der Waals surface area contributed by atoms with Crippen LogP contribution in [0.5, 0.6) is 0 Å². The average Bonchev–Trinajstić information content (AvgIpc) is 2.50.